The van der Waals surface area contributed by atoms with Gasteiger partial charge < -0.3 is 9.88 Å². The number of hydrogen-bond acceptors (Lipinski definition) is 4. The number of nitrogens with one attached hydrogen (secondary N) is 2. The summed E-state index contributed by atoms with van der Waals surface area (Å²) in [6.07, 6.45) is 2.07. The van der Waals surface area contributed by atoms with E-state index in [0.29, 0.717) is 25.3 Å². The van der Waals surface area contributed by atoms with Crippen LogP contribution in [-0.2, 0) is 21.2 Å². The summed E-state index contributed by atoms with van der Waals surface area (Å²) in [4.78, 5) is 20.1. The van der Waals surface area contributed by atoms with Crippen LogP contribution in [0.2, 0.25) is 0 Å². The highest BCUT2D eigenvalue weighted by molar-refractivity contribution is 7.89. The molecule has 114 valence electrons. The fraction of sp³-hybridized carbons (Fsp3) is 0.667. The summed E-state index contributed by atoms with van der Waals surface area (Å²) in [7, 11) is -3.62. The van der Waals surface area contributed by atoms with E-state index in [1.807, 2.05) is 20.8 Å². The molecule has 0 atom stereocenters. The molecule has 0 saturated carbocycles. The first-order chi connectivity index (χ1) is 9.44. The average Bonchev–Trinajstić information content (AvgIpc) is 2.89. The summed E-state index contributed by atoms with van der Waals surface area (Å²) < 4.78 is 26.3. The van der Waals surface area contributed by atoms with Crippen molar-refractivity contribution in [1.82, 2.24) is 19.6 Å². The monoisotopic (exact) mass is 302 g/mol. The Morgan fingerprint density at radius 3 is 2.50 bits per heavy atom. The number of aryl methyl sites for hydroxylation is 1. The van der Waals surface area contributed by atoms with Crippen LogP contribution in [-0.4, -0.2) is 48.8 Å². The lowest BCUT2D eigenvalue weighted by Crippen LogP contribution is -2.34. The minimum absolute atomic E-state index is 0.0321. The van der Waals surface area contributed by atoms with Gasteiger partial charge >= 0.3 is 0 Å². The number of nitrogens with zero attached hydrogens (tertiary/aromatic N) is 2. The molecule has 0 fully saturated rings. The molecule has 8 heteroatoms. The average molecular weight is 302 g/mol. The van der Waals surface area contributed by atoms with Gasteiger partial charge in [-0.05, 0) is 13.8 Å². The Morgan fingerprint density at radius 1 is 1.35 bits per heavy atom. The Kier molecular flexibility index (Phi) is 6.15. The third-order valence-corrected chi connectivity index (χ3v) is 4.35. The maximum absolute atomic E-state index is 11.9. The van der Waals surface area contributed by atoms with Crippen molar-refractivity contribution in [2.24, 2.45) is 0 Å². The van der Waals surface area contributed by atoms with Crippen molar-refractivity contribution in [2.75, 3.05) is 19.6 Å². The van der Waals surface area contributed by atoms with Crippen molar-refractivity contribution in [3.63, 3.8) is 0 Å². The van der Waals surface area contributed by atoms with Gasteiger partial charge in [0.25, 0.3) is 10.0 Å². The van der Waals surface area contributed by atoms with Crippen LogP contribution in [0.5, 0.6) is 0 Å². The number of imidazole rings is 1. The van der Waals surface area contributed by atoms with Crippen LogP contribution >= 0.6 is 0 Å². The zero-order chi connectivity index (χ0) is 15.2. The number of aromatic amines is 1. The van der Waals surface area contributed by atoms with E-state index in [-0.39, 0.29) is 23.9 Å². The molecule has 1 amide bonds. The van der Waals surface area contributed by atoms with E-state index in [1.54, 1.807) is 4.90 Å². The zero-order valence-electron chi connectivity index (χ0n) is 12.1. The highest BCUT2D eigenvalue weighted by atomic mass is 32.2. The third-order valence-electron chi connectivity index (χ3n) is 2.98. The number of H-pyrrole nitrogens is 1. The van der Waals surface area contributed by atoms with Gasteiger partial charge in [0.1, 0.15) is 5.82 Å². The Balaban J connectivity index is 2.54. The maximum atomic E-state index is 11.9. The van der Waals surface area contributed by atoms with Crippen LogP contribution in [0.15, 0.2) is 11.2 Å². The van der Waals surface area contributed by atoms with E-state index < -0.39 is 10.0 Å². The molecule has 0 saturated heterocycles. The Labute approximate surface area is 119 Å². The van der Waals surface area contributed by atoms with Crippen LogP contribution in [0, 0.1) is 0 Å². The van der Waals surface area contributed by atoms with Crippen molar-refractivity contribution >= 4 is 15.9 Å². The molecule has 1 aromatic rings. The summed E-state index contributed by atoms with van der Waals surface area (Å²) in [5, 5.41) is 0.0321. The topological polar surface area (TPSA) is 95.2 Å². The third kappa shape index (κ3) is 4.31. The number of hydrogen-bond donors (Lipinski definition) is 2. The molecule has 0 bridgehead atoms. The molecule has 1 aromatic heterocycles. The fourth-order valence-corrected chi connectivity index (χ4v) is 2.73. The van der Waals surface area contributed by atoms with Crippen molar-refractivity contribution < 1.29 is 13.2 Å². The Morgan fingerprint density at radius 2 is 2.00 bits per heavy atom. The minimum atomic E-state index is -3.62. The van der Waals surface area contributed by atoms with Crippen LogP contribution in [0.3, 0.4) is 0 Å². The highest BCUT2D eigenvalue weighted by Crippen LogP contribution is 2.05. The molecule has 0 spiro atoms. The molecule has 20 heavy (non-hydrogen) atoms. The first-order valence-electron chi connectivity index (χ1n) is 6.75. The van der Waals surface area contributed by atoms with Gasteiger partial charge in [-0.1, -0.05) is 6.92 Å². The number of aromatic nitrogens is 2. The minimum Gasteiger partial charge on any atom is -0.343 e. The quantitative estimate of drug-likeness (QED) is 0.731. The van der Waals surface area contributed by atoms with Gasteiger partial charge in [0.15, 0.2) is 5.03 Å². The smallest absolute Gasteiger partial charge is 0.257 e. The Hall–Kier alpha value is -1.41. The van der Waals surface area contributed by atoms with Gasteiger partial charge in [-0.15, -0.1) is 0 Å². The predicted octanol–water partition coefficient (Wildman–Crippen LogP) is 0.509. The van der Waals surface area contributed by atoms with E-state index in [1.165, 1.54) is 6.20 Å². The predicted molar refractivity (Wildman–Crippen MR) is 75.7 cm³/mol. The summed E-state index contributed by atoms with van der Waals surface area (Å²) in [6.45, 7) is 7.00. The molecule has 1 rings (SSSR count). The van der Waals surface area contributed by atoms with E-state index in [2.05, 4.69) is 14.7 Å². The lowest BCUT2D eigenvalue weighted by atomic mass is 10.3. The molecule has 7 nitrogen and oxygen atoms in total. The highest BCUT2D eigenvalue weighted by Gasteiger charge is 2.17. The van der Waals surface area contributed by atoms with Crippen LogP contribution in [0.25, 0.3) is 0 Å². The van der Waals surface area contributed by atoms with Crippen LogP contribution < -0.4 is 4.72 Å². The number of amides is 1. The Bertz CT molecular complexity index is 535. The van der Waals surface area contributed by atoms with Crippen molar-refractivity contribution in [2.45, 2.75) is 38.6 Å². The molecule has 0 aliphatic heterocycles. The second-order valence-electron chi connectivity index (χ2n) is 4.26. The summed E-state index contributed by atoms with van der Waals surface area (Å²) >= 11 is 0. The molecule has 0 aliphatic carbocycles. The molecular formula is C12H22N4O3S. The molecular weight excluding hydrogens is 280 g/mol. The maximum Gasteiger partial charge on any atom is 0.257 e. The zero-order valence-corrected chi connectivity index (χ0v) is 13.0. The van der Waals surface area contributed by atoms with Gasteiger partial charge in [-0.2, -0.15) is 0 Å². The second kappa shape index (κ2) is 7.39. The van der Waals surface area contributed by atoms with Crippen molar-refractivity contribution in [3.8, 4) is 0 Å². The van der Waals surface area contributed by atoms with Gasteiger partial charge in [-0.25, -0.2) is 18.1 Å². The van der Waals surface area contributed by atoms with Crippen LogP contribution in [0.4, 0.5) is 0 Å². The molecule has 0 unspecified atom stereocenters. The van der Waals surface area contributed by atoms with E-state index in [0.717, 1.165) is 0 Å². The number of carbonyl (C=O) groups is 1. The summed E-state index contributed by atoms with van der Waals surface area (Å²) in [5.74, 6) is 0.557. The molecule has 0 radical (unpaired) electrons. The molecule has 1 heterocycles. The first-order valence-corrected chi connectivity index (χ1v) is 8.24. The molecule has 0 aliphatic rings. The summed E-state index contributed by atoms with van der Waals surface area (Å²) in [6, 6.07) is 0. The molecule has 0 aromatic carbocycles. The molecule has 2 N–H and O–H groups in total. The van der Waals surface area contributed by atoms with Crippen molar-refractivity contribution in [1.29, 1.82) is 0 Å². The van der Waals surface area contributed by atoms with Crippen molar-refractivity contribution in [3.05, 3.63) is 12.0 Å². The lowest BCUT2D eigenvalue weighted by molar-refractivity contribution is -0.130. The lowest BCUT2D eigenvalue weighted by Gasteiger charge is -2.18. The standard InChI is InChI=1S/C12H22N4O3S/c1-4-10-13-9-11(15-10)20(18,19)14-8-7-12(17)16(5-2)6-3/h9,14H,4-8H2,1-3H3,(H,13,15). The number of carbonyl (C=O) groups excluding carboxylic acids is 1. The SMILES string of the molecule is CCc1ncc(S(=O)(=O)NCCC(=O)N(CC)CC)[nH]1. The van der Waals surface area contributed by atoms with Crippen LogP contribution in [0.1, 0.15) is 33.0 Å². The van der Waals surface area contributed by atoms with E-state index in [4.69, 9.17) is 0 Å². The van der Waals surface area contributed by atoms with Gasteiger partial charge in [0.05, 0.1) is 6.20 Å². The largest absolute Gasteiger partial charge is 0.343 e. The van der Waals surface area contributed by atoms with Gasteiger partial charge in [0.2, 0.25) is 5.91 Å². The first kappa shape index (κ1) is 16.6. The van der Waals surface area contributed by atoms with E-state index in [9.17, 15) is 13.2 Å². The van der Waals surface area contributed by atoms with Gasteiger partial charge in [0, 0.05) is 32.5 Å². The fourth-order valence-electron chi connectivity index (χ4n) is 1.76. The summed E-state index contributed by atoms with van der Waals surface area (Å²) in [5.41, 5.74) is 0. The second-order valence-corrected chi connectivity index (χ2v) is 6.00. The normalized spacial score (nSPS) is 11.6. The number of rotatable bonds is 8. The van der Waals surface area contributed by atoms with E-state index >= 15 is 0 Å². The van der Waals surface area contributed by atoms with Gasteiger partial charge in [-0.3, -0.25) is 4.79 Å². The number of sulfonamides is 1.